The number of pyridine rings is 1. The number of carbonyl (C=O) groups is 4. The van der Waals surface area contributed by atoms with Gasteiger partial charge in [-0.25, -0.2) is 4.98 Å². The zero-order valence-corrected chi connectivity index (χ0v) is 33.5. The normalized spacial score (nSPS) is 23.5. The first-order chi connectivity index (χ1) is 27.2. The van der Waals surface area contributed by atoms with Crippen molar-refractivity contribution >= 4 is 46.7 Å². The maximum Gasteiger partial charge on any atom is 0.272 e. The number of imide groups is 1. The van der Waals surface area contributed by atoms with Crippen molar-refractivity contribution < 1.29 is 23.9 Å². The van der Waals surface area contributed by atoms with E-state index in [1.54, 1.807) is 36.5 Å². The second-order valence-electron chi connectivity index (χ2n) is 16.7. The molecule has 3 aromatic rings. The second kappa shape index (κ2) is 16.3. The molecule has 1 aromatic carbocycles. The van der Waals surface area contributed by atoms with Crippen LogP contribution in [0.4, 0.5) is 11.5 Å². The van der Waals surface area contributed by atoms with E-state index in [2.05, 4.69) is 79.6 Å². The topological polar surface area (TPSA) is 186 Å². The Kier molecular flexibility index (Phi) is 11.4. The molecule has 3 aliphatic heterocycles. The van der Waals surface area contributed by atoms with E-state index >= 15 is 0 Å². The third-order valence-corrected chi connectivity index (χ3v) is 12.3. The van der Waals surface area contributed by atoms with E-state index in [0.717, 1.165) is 70.2 Å². The van der Waals surface area contributed by atoms with Gasteiger partial charge in [-0.3, -0.25) is 29.4 Å². The number of ether oxygens (including phenoxy) is 1. The number of carbonyl (C=O) groups excluding carboxylic acids is 4. The Morgan fingerprint density at radius 1 is 0.895 bits per heavy atom. The standard InChI is InChI=1S/C41H49ClN10O5/c1-40(2)38(41(3,4)39(40)57-28-7-5-26(22-43)29(42)21-28)47-37(56)32-9-11-33(49-48-32)52-15-13-25(14-16-52)24-50-17-19-51(20-18-50)27-6-8-30(44-23-27)35(54)45-31-10-12-34(53)46-36(31)55/h5-9,11,21,23,25,31,38-39H,10,12-20,24H2,1-4H3,(H,45,54)(H,47,56)(H,46,53,55)/t31-,38?,39?/m1/s1. The van der Waals surface area contributed by atoms with Crippen molar-refractivity contribution in [2.75, 3.05) is 55.6 Å². The lowest BCUT2D eigenvalue weighted by Gasteiger charge is -2.63. The van der Waals surface area contributed by atoms with Gasteiger partial charge in [0.2, 0.25) is 11.8 Å². The molecule has 0 spiro atoms. The van der Waals surface area contributed by atoms with Gasteiger partial charge in [0.05, 0.1) is 22.5 Å². The van der Waals surface area contributed by atoms with Crippen LogP contribution < -0.4 is 30.5 Å². The predicted octanol–water partition coefficient (Wildman–Crippen LogP) is 3.58. The summed E-state index contributed by atoms with van der Waals surface area (Å²) in [4.78, 5) is 60.8. The van der Waals surface area contributed by atoms with Crippen molar-refractivity contribution in [3.8, 4) is 11.8 Å². The summed E-state index contributed by atoms with van der Waals surface area (Å²) in [5.41, 5.74) is 1.06. The molecule has 3 N–H and O–H groups in total. The smallest absolute Gasteiger partial charge is 0.272 e. The van der Waals surface area contributed by atoms with Crippen LogP contribution in [0, 0.1) is 28.1 Å². The number of rotatable bonds is 10. The monoisotopic (exact) mass is 796 g/mol. The molecule has 16 heteroatoms. The SMILES string of the molecule is CC1(C)C(NC(=O)c2ccc(N3CCC(CN4CCN(c5ccc(C(=O)N[C@@H]6CCC(=O)NC6=O)nc5)CC4)CC3)nn2)C(C)(C)C1Oc1ccc(C#N)c(Cl)c1. The van der Waals surface area contributed by atoms with Gasteiger partial charge in [-0.1, -0.05) is 39.3 Å². The molecule has 15 nitrogen and oxygen atoms in total. The Hall–Kier alpha value is -5.33. The lowest BCUT2D eigenvalue weighted by Crippen LogP contribution is -2.74. The number of nitrogens with zero attached hydrogens (tertiary/aromatic N) is 7. The number of halogens is 1. The molecule has 7 rings (SSSR count). The van der Waals surface area contributed by atoms with Gasteiger partial charge in [-0.2, -0.15) is 5.26 Å². The van der Waals surface area contributed by atoms with Gasteiger partial charge in [-0.05, 0) is 61.6 Å². The number of nitriles is 1. The van der Waals surface area contributed by atoms with Crippen molar-refractivity contribution in [3.05, 3.63) is 70.6 Å². The molecule has 57 heavy (non-hydrogen) atoms. The van der Waals surface area contributed by atoms with Crippen LogP contribution in [0.3, 0.4) is 0 Å². The molecule has 1 atom stereocenters. The Bertz CT molecular complexity index is 2020. The highest BCUT2D eigenvalue weighted by atomic mass is 35.5. The number of hydrogen-bond donors (Lipinski definition) is 3. The van der Waals surface area contributed by atoms with Gasteiger partial charge in [-0.15, -0.1) is 10.2 Å². The fourth-order valence-corrected chi connectivity index (χ4v) is 9.30. The summed E-state index contributed by atoms with van der Waals surface area (Å²) in [6.45, 7) is 14.6. The third-order valence-electron chi connectivity index (χ3n) is 12.0. The largest absolute Gasteiger partial charge is 0.489 e. The lowest BCUT2D eigenvalue weighted by atomic mass is 9.49. The highest BCUT2D eigenvalue weighted by molar-refractivity contribution is 6.31. The number of anilines is 2. The predicted molar refractivity (Wildman–Crippen MR) is 213 cm³/mol. The van der Waals surface area contributed by atoms with Gasteiger partial charge >= 0.3 is 0 Å². The summed E-state index contributed by atoms with van der Waals surface area (Å²) in [5.74, 6) is 0.394. The minimum atomic E-state index is -0.738. The molecule has 0 radical (unpaired) electrons. The van der Waals surface area contributed by atoms with Gasteiger partial charge < -0.3 is 25.2 Å². The van der Waals surface area contributed by atoms with Gasteiger partial charge in [0.1, 0.15) is 29.7 Å². The Balaban J connectivity index is 0.832. The Labute approximate surface area is 337 Å². The molecular weight excluding hydrogens is 748 g/mol. The average Bonchev–Trinajstić information content (AvgIpc) is 3.20. The van der Waals surface area contributed by atoms with Crippen LogP contribution in [-0.4, -0.2) is 108 Å². The number of piperidine rings is 2. The van der Waals surface area contributed by atoms with Crippen LogP contribution in [0.25, 0.3) is 0 Å². The summed E-state index contributed by atoms with van der Waals surface area (Å²) in [6.07, 6.45) is 4.05. The summed E-state index contributed by atoms with van der Waals surface area (Å²) in [5, 5.41) is 26.4. The zero-order valence-electron chi connectivity index (χ0n) is 32.8. The van der Waals surface area contributed by atoms with Crippen molar-refractivity contribution in [2.24, 2.45) is 16.7 Å². The van der Waals surface area contributed by atoms with Crippen molar-refractivity contribution in [2.45, 2.75) is 71.6 Å². The van der Waals surface area contributed by atoms with Crippen LogP contribution in [0.15, 0.2) is 48.7 Å². The van der Waals surface area contributed by atoms with E-state index in [4.69, 9.17) is 16.3 Å². The van der Waals surface area contributed by atoms with Crippen LogP contribution >= 0.6 is 11.6 Å². The van der Waals surface area contributed by atoms with Crippen LogP contribution in [0.1, 0.15) is 79.9 Å². The quantitative estimate of drug-likeness (QED) is 0.254. The molecule has 1 aliphatic carbocycles. The molecule has 1 saturated carbocycles. The first-order valence-electron chi connectivity index (χ1n) is 19.6. The molecule has 4 fully saturated rings. The number of aromatic nitrogens is 3. The summed E-state index contributed by atoms with van der Waals surface area (Å²) < 4.78 is 6.35. The summed E-state index contributed by atoms with van der Waals surface area (Å²) >= 11 is 6.24. The summed E-state index contributed by atoms with van der Waals surface area (Å²) in [7, 11) is 0. The van der Waals surface area contributed by atoms with E-state index < -0.39 is 28.7 Å². The third kappa shape index (κ3) is 8.52. The van der Waals surface area contributed by atoms with Gasteiger partial charge in [0.15, 0.2) is 11.5 Å². The molecule has 3 saturated heterocycles. The minimum Gasteiger partial charge on any atom is -0.489 e. The van der Waals surface area contributed by atoms with E-state index in [9.17, 15) is 24.4 Å². The van der Waals surface area contributed by atoms with E-state index in [1.807, 2.05) is 12.1 Å². The second-order valence-corrected chi connectivity index (χ2v) is 17.1. The number of amides is 4. The van der Waals surface area contributed by atoms with Crippen molar-refractivity contribution in [3.63, 3.8) is 0 Å². The zero-order chi connectivity index (χ0) is 40.5. The van der Waals surface area contributed by atoms with E-state index in [0.29, 0.717) is 22.3 Å². The Morgan fingerprint density at radius 2 is 1.60 bits per heavy atom. The van der Waals surface area contributed by atoms with E-state index in [-0.39, 0.29) is 48.2 Å². The average molecular weight is 797 g/mol. The molecule has 5 heterocycles. The van der Waals surface area contributed by atoms with Crippen LogP contribution in [-0.2, 0) is 9.59 Å². The van der Waals surface area contributed by atoms with Crippen LogP contribution in [0.5, 0.6) is 5.75 Å². The number of piperazine rings is 1. The molecule has 4 aliphatic rings. The molecule has 4 amide bonds. The highest BCUT2D eigenvalue weighted by Gasteiger charge is 2.64. The number of benzene rings is 1. The van der Waals surface area contributed by atoms with Crippen molar-refractivity contribution in [1.82, 2.24) is 36.0 Å². The first-order valence-corrected chi connectivity index (χ1v) is 19.9. The Morgan fingerprint density at radius 3 is 2.21 bits per heavy atom. The van der Waals surface area contributed by atoms with Crippen LogP contribution in [0.2, 0.25) is 5.02 Å². The summed E-state index contributed by atoms with van der Waals surface area (Å²) in [6, 6.07) is 13.4. The molecule has 2 aromatic heterocycles. The number of hydrogen-bond acceptors (Lipinski definition) is 12. The number of nitrogens with one attached hydrogen (secondary N) is 3. The van der Waals surface area contributed by atoms with Crippen molar-refractivity contribution in [1.29, 1.82) is 5.26 Å². The fraction of sp³-hybridized carbons (Fsp3) is 0.512. The maximum absolute atomic E-state index is 13.4. The molecule has 300 valence electrons. The fourth-order valence-electron chi connectivity index (χ4n) is 9.09. The highest BCUT2D eigenvalue weighted by Crippen LogP contribution is 2.55. The first kappa shape index (κ1) is 39.9. The lowest BCUT2D eigenvalue weighted by molar-refractivity contribution is -0.164. The van der Waals surface area contributed by atoms with Gasteiger partial charge in [0, 0.05) is 75.2 Å². The molecular formula is C41H49ClN10O5. The maximum atomic E-state index is 13.4. The van der Waals surface area contributed by atoms with Gasteiger partial charge in [0.25, 0.3) is 11.8 Å². The molecule has 0 unspecified atom stereocenters. The minimum absolute atomic E-state index is 0.182. The molecule has 0 bridgehead atoms. The van der Waals surface area contributed by atoms with E-state index in [1.165, 1.54) is 0 Å².